The highest BCUT2D eigenvalue weighted by Crippen LogP contribution is 2.41. The minimum Gasteiger partial charge on any atom is -0.378 e. The summed E-state index contributed by atoms with van der Waals surface area (Å²) in [7, 11) is 0. The summed E-state index contributed by atoms with van der Waals surface area (Å²) >= 11 is 0. The van der Waals surface area contributed by atoms with Crippen molar-refractivity contribution < 1.29 is 17.6 Å². The molecule has 1 fully saturated rings. The highest BCUT2D eigenvalue weighted by Gasteiger charge is 2.41. The average molecular weight is 477 g/mol. The molecule has 34 heavy (non-hydrogen) atoms. The molecule has 2 aliphatic rings. The fourth-order valence-electron chi connectivity index (χ4n) is 5.22. The van der Waals surface area contributed by atoms with Gasteiger partial charge in [-0.3, -0.25) is 24.3 Å². The van der Waals surface area contributed by atoms with E-state index in [-0.39, 0.29) is 18.8 Å². The van der Waals surface area contributed by atoms with Gasteiger partial charge in [-0.05, 0) is 49.1 Å². The quantitative estimate of drug-likeness (QED) is 0.498. The average Bonchev–Trinajstić information content (AvgIpc) is 3.25. The van der Waals surface area contributed by atoms with Gasteiger partial charge in [0.25, 0.3) is 0 Å². The predicted octanol–water partition coefficient (Wildman–Crippen LogP) is 4.31. The van der Waals surface area contributed by atoms with Crippen LogP contribution < -0.4 is 5.32 Å². The molecule has 1 saturated heterocycles. The summed E-state index contributed by atoms with van der Waals surface area (Å²) in [4.78, 5) is 8.29. The van der Waals surface area contributed by atoms with E-state index in [9.17, 15) is 17.6 Å². The molecular weight excluding hydrogens is 448 g/mol. The summed E-state index contributed by atoms with van der Waals surface area (Å²) in [5.41, 5.74) is 4.16. The van der Waals surface area contributed by atoms with Crippen molar-refractivity contribution in [1.29, 1.82) is 0 Å². The number of likely N-dealkylation sites (tertiary alicyclic amines) is 1. The van der Waals surface area contributed by atoms with E-state index in [4.69, 9.17) is 0 Å². The molecule has 0 aliphatic carbocycles. The van der Waals surface area contributed by atoms with Gasteiger partial charge in [0.1, 0.15) is 0 Å². The third-order valence-corrected chi connectivity index (χ3v) is 6.83. The normalized spacial score (nSPS) is 22.0. The Balaban J connectivity index is 1.40. The van der Waals surface area contributed by atoms with Crippen molar-refractivity contribution in [2.75, 3.05) is 38.2 Å². The van der Waals surface area contributed by atoms with Gasteiger partial charge in [0.15, 0.2) is 0 Å². The highest BCUT2D eigenvalue weighted by atomic mass is 19.4. The highest BCUT2D eigenvalue weighted by molar-refractivity contribution is 5.83. The third kappa shape index (κ3) is 4.61. The Kier molecular flexibility index (Phi) is 6.20. The molecule has 3 aromatic rings. The van der Waals surface area contributed by atoms with E-state index in [1.165, 1.54) is 4.90 Å². The maximum Gasteiger partial charge on any atom is 0.401 e. The lowest BCUT2D eigenvalue weighted by atomic mass is 9.85. The second kappa shape index (κ2) is 9.14. The van der Waals surface area contributed by atoms with Crippen molar-refractivity contribution in [2.24, 2.45) is 0 Å². The number of hydrogen-bond acceptors (Lipinski definition) is 5. The van der Waals surface area contributed by atoms with Crippen molar-refractivity contribution in [3.63, 3.8) is 0 Å². The Bertz CT molecular complexity index is 1120. The molecule has 0 saturated carbocycles. The van der Waals surface area contributed by atoms with Crippen LogP contribution in [0, 0.1) is 0 Å². The number of benzene rings is 1. The largest absolute Gasteiger partial charge is 0.401 e. The van der Waals surface area contributed by atoms with E-state index in [1.54, 1.807) is 12.4 Å². The first-order valence-electron chi connectivity index (χ1n) is 11.6. The molecule has 1 aromatic carbocycles. The number of H-pyrrole nitrogens is 1. The Morgan fingerprint density at radius 1 is 1.15 bits per heavy atom. The van der Waals surface area contributed by atoms with Crippen LogP contribution in [0.4, 0.5) is 23.2 Å². The maximum atomic E-state index is 13.5. The summed E-state index contributed by atoms with van der Waals surface area (Å²) in [5, 5.41) is 11.4. The van der Waals surface area contributed by atoms with Crippen molar-refractivity contribution in [3.8, 4) is 0 Å². The van der Waals surface area contributed by atoms with E-state index in [0.717, 1.165) is 47.4 Å². The molecule has 182 valence electrons. The molecule has 4 heterocycles. The van der Waals surface area contributed by atoms with Gasteiger partial charge in [-0.25, -0.2) is 0 Å². The number of nitrogens with one attached hydrogen (secondary N) is 2. The van der Waals surface area contributed by atoms with Crippen molar-refractivity contribution in [1.82, 2.24) is 25.0 Å². The van der Waals surface area contributed by atoms with Crippen LogP contribution in [0.5, 0.6) is 0 Å². The lowest BCUT2D eigenvalue weighted by Gasteiger charge is -2.42. The van der Waals surface area contributed by atoms with Crippen LogP contribution in [-0.4, -0.2) is 76.1 Å². The molecule has 5 rings (SSSR count). The number of halogens is 4. The number of anilines is 1. The molecule has 10 heteroatoms. The lowest BCUT2D eigenvalue weighted by Crippen LogP contribution is -2.54. The minimum atomic E-state index is -4.32. The monoisotopic (exact) mass is 476 g/mol. The Morgan fingerprint density at radius 3 is 2.68 bits per heavy atom. The van der Waals surface area contributed by atoms with Crippen LogP contribution in [-0.2, 0) is 6.42 Å². The predicted molar refractivity (Wildman–Crippen MR) is 123 cm³/mol. The molecule has 0 radical (unpaired) electrons. The number of fused-ring (bicyclic) bond motifs is 3. The number of hydrogen-bond donors (Lipinski definition) is 2. The number of rotatable bonds is 7. The summed E-state index contributed by atoms with van der Waals surface area (Å²) in [6, 6.07) is 6.81. The maximum absolute atomic E-state index is 13.5. The van der Waals surface area contributed by atoms with Gasteiger partial charge in [0.05, 0.1) is 54.6 Å². The molecule has 2 aliphatic heterocycles. The Hall–Kier alpha value is -2.72. The molecule has 0 spiro atoms. The number of aromatic amines is 1. The molecule has 2 aromatic heterocycles. The van der Waals surface area contributed by atoms with Gasteiger partial charge in [-0.15, -0.1) is 0 Å². The van der Waals surface area contributed by atoms with Gasteiger partial charge in [-0.2, -0.15) is 18.3 Å². The van der Waals surface area contributed by atoms with Crippen LogP contribution in [0.15, 0.2) is 36.7 Å². The van der Waals surface area contributed by atoms with E-state index in [2.05, 4.69) is 25.4 Å². The standard InChI is InChI=1S/C24H28F4N6/c1-15-9-19-18(4-6-21-20(19)11-30-32-21)23(34(15)14-24(26,27)28)22-5-3-16(10-29-22)31-17-12-33(13-17)8-2-7-25/h3-6,10-11,15,17,23,31H,2,7-9,12-14H2,1H3,(H,30,32)/t15-,23?/m1/s1. The van der Waals surface area contributed by atoms with Crippen molar-refractivity contribution in [3.05, 3.63) is 53.5 Å². The molecular formula is C24H28F4N6. The summed E-state index contributed by atoms with van der Waals surface area (Å²) in [6.45, 7) is 2.97. The number of pyridine rings is 1. The molecule has 6 nitrogen and oxygen atoms in total. The Morgan fingerprint density at radius 2 is 1.97 bits per heavy atom. The van der Waals surface area contributed by atoms with E-state index in [0.29, 0.717) is 18.5 Å². The fraction of sp³-hybridized carbons (Fsp3) is 0.500. The summed E-state index contributed by atoms with van der Waals surface area (Å²) in [5.74, 6) is 0. The van der Waals surface area contributed by atoms with Crippen LogP contribution in [0.3, 0.4) is 0 Å². The fourth-order valence-corrected chi connectivity index (χ4v) is 5.22. The number of alkyl halides is 4. The second-order valence-electron chi connectivity index (χ2n) is 9.32. The summed E-state index contributed by atoms with van der Waals surface area (Å²) < 4.78 is 52.9. The minimum absolute atomic E-state index is 0.263. The zero-order valence-electron chi connectivity index (χ0n) is 18.9. The topological polar surface area (TPSA) is 60.1 Å². The van der Waals surface area contributed by atoms with E-state index >= 15 is 0 Å². The second-order valence-corrected chi connectivity index (χ2v) is 9.32. The Labute approximate surface area is 195 Å². The number of aromatic nitrogens is 3. The molecule has 1 unspecified atom stereocenters. The third-order valence-electron chi connectivity index (χ3n) is 6.83. The smallest absolute Gasteiger partial charge is 0.378 e. The van der Waals surface area contributed by atoms with E-state index < -0.39 is 18.8 Å². The van der Waals surface area contributed by atoms with Crippen LogP contribution in [0.25, 0.3) is 10.9 Å². The lowest BCUT2D eigenvalue weighted by molar-refractivity contribution is -0.155. The first kappa shape index (κ1) is 23.0. The van der Waals surface area contributed by atoms with E-state index in [1.807, 2.05) is 31.2 Å². The van der Waals surface area contributed by atoms with Gasteiger partial charge < -0.3 is 5.32 Å². The van der Waals surface area contributed by atoms with Gasteiger partial charge in [0.2, 0.25) is 0 Å². The van der Waals surface area contributed by atoms with Gasteiger partial charge in [0, 0.05) is 31.1 Å². The molecule has 0 bridgehead atoms. The molecule has 0 amide bonds. The van der Waals surface area contributed by atoms with Crippen LogP contribution in [0.2, 0.25) is 0 Å². The van der Waals surface area contributed by atoms with Crippen LogP contribution >= 0.6 is 0 Å². The molecule has 2 atom stereocenters. The first-order valence-corrected chi connectivity index (χ1v) is 11.6. The van der Waals surface area contributed by atoms with Gasteiger partial charge >= 0.3 is 6.18 Å². The van der Waals surface area contributed by atoms with Crippen molar-refractivity contribution >= 4 is 16.6 Å². The number of nitrogens with zero attached hydrogens (tertiary/aromatic N) is 4. The zero-order chi connectivity index (χ0) is 23.9. The first-order chi connectivity index (χ1) is 16.3. The summed E-state index contributed by atoms with van der Waals surface area (Å²) in [6.07, 6.45) is 0.181. The zero-order valence-corrected chi connectivity index (χ0v) is 18.9. The SMILES string of the molecule is C[C@@H]1Cc2c(ccc3[nH]ncc23)C(c2ccc(NC3CN(CCCF)C3)cn2)N1CC(F)(F)F. The van der Waals surface area contributed by atoms with Crippen molar-refractivity contribution in [2.45, 2.75) is 44.1 Å². The van der Waals surface area contributed by atoms with Crippen LogP contribution in [0.1, 0.15) is 36.2 Å². The molecule has 2 N–H and O–H groups in total. The van der Waals surface area contributed by atoms with Gasteiger partial charge in [-0.1, -0.05) is 6.07 Å².